The van der Waals surface area contributed by atoms with E-state index >= 15 is 0 Å². The van der Waals surface area contributed by atoms with E-state index in [9.17, 15) is 5.11 Å². The molecule has 4 nitrogen and oxygen atoms in total. The van der Waals surface area contributed by atoms with Crippen LogP contribution in [0.25, 0.3) is 0 Å². The van der Waals surface area contributed by atoms with Crippen molar-refractivity contribution in [2.24, 2.45) is 0 Å². The van der Waals surface area contributed by atoms with Crippen molar-refractivity contribution in [1.82, 2.24) is 0 Å². The van der Waals surface area contributed by atoms with Gasteiger partial charge in [0.05, 0.1) is 24.1 Å². The van der Waals surface area contributed by atoms with Gasteiger partial charge in [0, 0.05) is 13.7 Å². The van der Waals surface area contributed by atoms with Crippen LogP contribution < -0.4 is 11.1 Å². The summed E-state index contributed by atoms with van der Waals surface area (Å²) in [5.74, 6) is 0. The fourth-order valence-electron chi connectivity index (χ4n) is 1.32. The molecule has 0 aliphatic rings. The van der Waals surface area contributed by atoms with Crippen LogP contribution in [0.5, 0.6) is 0 Å². The number of aryl methyl sites for hydroxylation is 1. The second-order valence-electron chi connectivity index (χ2n) is 3.58. The molecule has 1 aromatic rings. The van der Waals surface area contributed by atoms with Gasteiger partial charge >= 0.3 is 0 Å². The standard InChI is InChI=1S/C11H18N2O2/c1-8-3-4-11(10(12)5-8)13-6-9(14)7-15-2/h3-5,9,13-14H,6-7,12H2,1-2H3. The van der Waals surface area contributed by atoms with Gasteiger partial charge in [-0.05, 0) is 24.6 Å². The van der Waals surface area contributed by atoms with Gasteiger partial charge in [-0.1, -0.05) is 6.07 Å². The van der Waals surface area contributed by atoms with Gasteiger partial charge in [0.25, 0.3) is 0 Å². The van der Waals surface area contributed by atoms with Crippen LogP contribution in [0.4, 0.5) is 11.4 Å². The summed E-state index contributed by atoms with van der Waals surface area (Å²) in [4.78, 5) is 0. The summed E-state index contributed by atoms with van der Waals surface area (Å²) in [6, 6.07) is 5.77. The third-order valence-corrected chi connectivity index (χ3v) is 2.09. The van der Waals surface area contributed by atoms with Crippen LogP contribution in [0.3, 0.4) is 0 Å². The maximum atomic E-state index is 9.43. The SMILES string of the molecule is COCC(O)CNc1ccc(C)cc1N. The molecule has 0 aliphatic carbocycles. The van der Waals surface area contributed by atoms with E-state index in [1.54, 1.807) is 7.11 Å². The zero-order valence-electron chi connectivity index (χ0n) is 9.16. The highest BCUT2D eigenvalue weighted by Crippen LogP contribution is 2.19. The summed E-state index contributed by atoms with van der Waals surface area (Å²) in [5.41, 5.74) is 8.46. The monoisotopic (exact) mass is 210 g/mol. The van der Waals surface area contributed by atoms with Crippen LogP contribution in [0.2, 0.25) is 0 Å². The van der Waals surface area contributed by atoms with Gasteiger partial charge in [-0.3, -0.25) is 0 Å². The van der Waals surface area contributed by atoms with Crippen LogP contribution in [-0.4, -0.2) is 31.5 Å². The van der Waals surface area contributed by atoms with Crippen LogP contribution in [-0.2, 0) is 4.74 Å². The zero-order valence-corrected chi connectivity index (χ0v) is 9.16. The molecule has 0 aromatic heterocycles. The average molecular weight is 210 g/mol. The van der Waals surface area contributed by atoms with Crippen LogP contribution in [0.1, 0.15) is 5.56 Å². The number of methoxy groups -OCH3 is 1. The molecule has 1 unspecified atom stereocenters. The first-order valence-electron chi connectivity index (χ1n) is 4.90. The molecule has 0 spiro atoms. The van der Waals surface area contributed by atoms with E-state index < -0.39 is 6.10 Å². The Morgan fingerprint density at radius 3 is 2.87 bits per heavy atom. The first-order valence-corrected chi connectivity index (χ1v) is 4.90. The quantitative estimate of drug-likeness (QED) is 0.634. The Bertz CT molecular complexity index is 315. The average Bonchev–Trinajstić information content (AvgIpc) is 2.17. The highest BCUT2D eigenvalue weighted by atomic mass is 16.5. The summed E-state index contributed by atoms with van der Waals surface area (Å²) in [5, 5.41) is 12.5. The number of anilines is 2. The Labute approximate surface area is 90.1 Å². The predicted molar refractivity (Wildman–Crippen MR) is 62.0 cm³/mol. The number of rotatable bonds is 5. The zero-order chi connectivity index (χ0) is 11.3. The molecular weight excluding hydrogens is 192 g/mol. The molecule has 15 heavy (non-hydrogen) atoms. The smallest absolute Gasteiger partial charge is 0.0945 e. The van der Waals surface area contributed by atoms with Gasteiger partial charge in [-0.15, -0.1) is 0 Å². The van der Waals surface area contributed by atoms with Gasteiger partial charge < -0.3 is 20.9 Å². The summed E-state index contributed by atoms with van der Waals surface area (Å²) in [6.07, 6.45) is -0.518. The van der Waals surface area contributed by atoms with Gasteiger partial charge in [-0.25, -0.2) is 0 Å². The largest absolute Gasteiger partial charge is 0.397 e. The third kappa shape index (κ3) is 3.77. The Morgan fingerprint density at radius 2 is 2.27 bits per heavy atom. The number of nitrogens with two attached hydrogens (primary N) is 1. The first kappa shape index (κ1) is 11.8. The van der Waals surface area contributed by atoms with Crippen LogP contribution >= 0.6 is 0 Å². The van der Waals surface area contributed by atoms with Crippen molar-refractivity contribution in [3.63, 3.8) is 0 Å². The molecular formula is C11H18N2O2. The predicted octanol–water partition coefficient (Wildman–Crippen LogP) is 0.996. The molecule has 4 heteroatoms. The van der Waals surface area contributed by atoms with Crippen molar-refractivity contribution in [3.8, 4) is 0 Å². The lowest BCUT2D eigenvalue weighted by Gasteiger charge is -2.13. The van der Waals surface area contributed by atoms with E-state index in [-0.39, 0.29) is 0 Å². The molecule has 1 rings (SSSR count). The molecule has 0 bridgehead atoms. The first-order chi connectivity index (χ1) is 7.13. The highest BCUT2D eigenvalue weighted by Gasteiger charge is 2.04. The molecule has 84 valence electrons. The van der Waals surface area contributed by atoms with Crippen molar-refractivity contribution in [1.29, 1.82) is 0 Å². The summed E-state index contributed by atoms with van der Waals surface area (Å²) in [6.45, 7) is 2.74. The number of aliphatic hydroxyl groups is 1. The Hall–Kier alpha value is -1.26. The van der Waals surface area contributed by atoms with E-state index in [2.05, 4.69) is 5.32 Å². The van der Waals surface area contributed by atoms with Gasteiger partial charge in [0.15, 0.2) is 0 Å². The number of benzene rings is 1. The van der Waals surface area contributed by atoms with E-state index in [1.807, 2.05) is 25.1 Å². The molecule has 0 radical (unpaired) electrons. The third-order valence-electron chi connectivity index (χ3n) is 2.09. The van der Waals surface area contributed by atoms with Crippen LogP contribution in [0, 0.1) is 6.92 Å². The van der Waals surface area contributed by atoms with Crippen molar-refractivity contribution >= 4 is 11.4 Å². The fourth-order valence-corrected chi connectivity index (χ4v) is 1.32. The Balaban J connectivity index is 2.50. The van der Waals surface area contributed by atoms with E-state index in [0.29, 0.717) is 18.8 Å². The lowest BCUT2D eigenvalue weighted by atomic mass is 10.2. The van der Waals surface area contributed by atoms with E-state index in [4.69, 9.17) is 10.5 Å². The number of ether oxygens (including phenoxy) is 1. The molecule has 0 fully saturated rings. The van der Waals surface area contributed by atoms with E-state index in [0.717, 1.165) is 11.3 Å². The topological polar surface area (TPSA) is 67.5 Å². The second kappa shape index (κ2) is 5.58. The molecule has 1 aromatic carbocycles. The molecule has 0 heterocycles. The normalized spacial score (nSPS) is 12.5. The van der Waals surface area contributed by atoms with Crippen LogP contribution in [0.15, 0.2) is 18.2 Å². The van der Waals surface area contributed by atoms with Crippen molar-refractivity contribution in [3.05, 3.63) is 23.8 Å². The molecule has 1 atom stereocenters. The Morgan fingerprint density at radius 1 is 1.53 bits per heavy atom. The van der Waals surface area contributed by atoms with Crippen molar-refractivity contribution in [2.45, 2.75) is 13.0 Å². The maximum Gasteiger partial charge on any atom is 0.0945 e. The maximum absolute atomic E-state index is 9.43. The van der Waals surface area contributed by atoms with Crippen molar-refractivity contribution in [2.75, 3.05) is 31.3 Å². The Kier molecular flexibility index (Phi) is 4.39. The summed E-state index contributed by atoms with van der Waals surface area (Å²) in [7, 11) is 1.56. The van der Waals surface area contributed by atoms with Crippen molar-refractivity contribution < 1.29 is 9.84 Å². The number of hydrogen-bond acceptors (Lipinski definition) is 4. The van der Waals surface area contributed by atoms with Gasteiger partial charge in [0.1, 0.15) is 0 Å². The highest BCUT2D eigenvalue weighted by molar-refractivity contribution is 5.66. The summed E-state index contributed by atoms with van der Waals surface area (Å²) < 4.78 is 4.82. The molecule has 0 amide bonds. The molecule has 0 saturated heterocycles. The van der Waals surface area contributed by atoms with E-state index in [1.165, 1.54) is 0 Å². The number of hydrogen-bond donors (Lipinski definition) is 3. The van der Waals surface area contributed by atoms with Gasteiger partial charge in [-0.2, -0.15) is 0 Å². The second-order valence-corrected chi connectivity index (χ2v) is 3.58. The summed E-state index contributed by atoms with van der Waals surface area (Å²) >= 11 is 0. The fraction of sp³-hybridized carbons (Fsp3) is 0.455. The minimum absolute atomic E-state index is 0.318. The minimum atomic E-state index is -0.518. The lowest BCUT2D eigenvalue weighted by Crippen LogP contribution is -2.24. The van der Waals surface area contributed by atoms with Gasteiger partial charge in [0.2, 0.25) is 0 Å². The molecule has 0 aliphatic heterocycles. The molecule has 0 saturated carbocycles. The number of aliphatic hydroxyl groups excluding tert-OH is 1. The number of nitrogen functional groups attached to an aromatic ring is 1. The minimum Gasteiger partial charge on any atom is -0.397 e. The number of nitrogens with one attached hydrogen (secondary N) is 1. The molecule has 4 N–H and O–H groups in total. The lowest BCUT2D eigenvalue weighted by molar-refractivity contribution is 0.0728.